The molecule has 1 unspecified atom stereocenters. The van der Waals surface area contributed by atoms with Crippen molar-refractivity contribution in [3.8, 4) is 0 Å². The molecule has 76 valence electrons. The third-order valence-corrected chi connectivity index (χ3v) is 2.55. The predicted octanol–water partition coefficient (Wildman–Crippen LogP) is 1.47. The van der Waals surface area contributed by atoms with Gasteiger partial charge in [-0.05, 0) is 19.3 Å². The standard InChI is InChI=1S/C10H14N2O2/c1-7-3-4-12(6-7)10(13)9-5-8(2)11-14-9/h5,7H,3-4,6H2,1-2H3. The first-order chi connectivity index (χ1) is 6.66. The van der Waals surface area contributed by atoms with E-state index in [2.05, 4.69) is 12.1 Å². The number of hydrogen-bond acceptors (Lipinski definition) is 3. The molecule has 0 radical (unpaired) electrons. The molecule has 0 spiro atoms. The molecule has 0 bridgehead atoms. The third-order valence-electron chi connectivity index (χ3n) is 2.55. The molecular weight excluding hydrogens is 180 g/mol. The van der Waals surface area contributed by atoms with Crippen molar-refractivity contribution in [1.29, 1.82) is 0 Å². The van der Waals surface area contributed by atoms with Crippen molar-refractivity contribution in [2.45, 2.75) is 20.3 Å². The van der Waals surface area contributed by atoms with E-state index >= 15 is 0 Å². The van der Waals surface area contributed by atoms with Crippen LogP contribution < -0.4 is 0 Å². The number of aromatic nitrogens is 1. The van der Waals surface area contributed by atoms with Crippen molar-refractivity contribution >= 4 is 5.91 Å². The molecule has 2 heterocycles. The fourth-order valence-corrected chi connectivity index (χ4v) is 1.74. The molecule has 0 aromatic carbocycles. The molecule has 1 saturated heterocycles. The zero-order valence-corrected chi connectivity index (χ0v) is 8.49. The Morgan fingerprint density at radius 2 is 2.50 bits per heavy atom. The van der Waals surface area contributed by atoms with E-state index in [0.29, 0.717) is 11.7 Å². The molecule has 4 nitrogen and oxygen atoms in total. The van der Waals surface area contributed by atoms with Crippen molar-refractivity contribution in [3.05, 3.63) is 17.5 Å². The van der Waals surface area contributed by atoms with Gasteiger partial charge in [0.25, 0.3) is 5.91 Å². The summed E-state index contributed by atoms with van der Waals surface area (Å²) >= 11 is 0. The number of carbonyl (C=O) groups is 1. The van der Waals surface area contributed by atoms with Crippen LogP contribution in [0.15, 0.2) is 10.6 Å². The highest BCUT2D eigenvalue weighted by molar-refractivity contribution is 5.91. The number of likely N-dealkylation sites (tertiary alicyclic amines) is 1. The number of aryl methyl sites for hydroxylation is 1. The molecule has 1 aromatic rings. The molecule has 1 fully saturated rings. The lowest BCUT2D eigenvalue weighted by Crippen LogP contribution is -2.28. The Balaban J connectivity index is 2.09. The Morgan fingerprint density at radius 1 is 1.71 bits per heavy atom. The fourth-order valence-electron chi connectivity index (χ4n) is 1.74. The Morgan fingerprint density at radius 3 is 3.00 bits per heavy atom. The maximum Gasteiger partial charge on any atom is 0.292 e. The molecule has 2 rings (SSSR count). The molecule has 1 amide bonds. The minimum Gasteiger partial charge on any atom is -0.351 e. The Hall–Kier alpha value is -1.32. The molecule has 14 heavy (non-hydrogen) atoms. The number of rotatable bonds is 1. The van der Waals surface area contributed by atoms with Gasteiger partial charge in [0.05, 0.1) is 5.69 Å². The number of amides is 1. The summed E-state index contributed by atoms with van der Waals surface area (Å²) in [6.45, 7) is 5.63. The second-order valence-electron chi connectivity index (χ2n) is 3.98. The van der Waals surface area contributed by atoms with Crippen molar-refractivity contribution < 1.29 is 9.32 Å². The minimum absolute atomic E-state index is 0.0325. The normalized spacial score (nSPS) is 21.6. The molecule has 4 heteroatoms. The van der Waals surface area contributed by atoms with Crippen LogP contribution in [0.4, 0.5) is 0 Å². The summed E-state index contributed by atoms with van der Waals surface area (Å²) in [6, 6.07) is 1.69. The second-order valence-corrected chi connectivity index (χ2v) is 3.98. The summed E-state index contributed by atoms with van der Waals surface area (Å²) in [6.07, 6.45) is 1.08. The summed E-state index contributed by atoms with van der Waals surface area (Å²) in [4.78, 5) is 13.6. The van der Waals surface area contributed by atoms with Crippen LogP contribution in [0.3, 0.4) is 0 Å². The van der Waals surface area contributed by atoms with Gasteiger partial charge < -0.3 is 9.42 Å². The number of hydrogen-bond donors (Lipinski definition) is 0. The van der Waals surface area contributed by atoms with E-state index in [-0.39, 0.29) is 5.91 Å². The second kappa shape index (κ2) is 3.44. The van der Waals surface area contributed by atoms with Crippen molar-refractivity contribution in [2.24, 2.45) is 5.92 Å². The zero-order chi connectivity index (χ0) is 10.1. The molecule has 0 aliphatic carbocycles. The van der Waals surface area contributed by atoms with Crippen LogP contribution >= 0.6 is 0 Å². The van der Waals surface area contributed by atoms with E-state index in [0.717, 1.165) is 25.2 Å². The number of nitrogens with zero attached hydrogens (tertiary/aromatic N) is 2. The predicted molar refractivity (Wildman–Crippen MR) is 50.9 cm³/mol. The maximum atomic E-state index is 11.8. The van der Waals surface area contributed by atoms with E-state index in [1.807, 2.05) is 11.8 Å². The smallest absolute Gasteiger partial charge is 0.292 e. The van der Waals surface area contributed by atoms with Gasteiger partial charge in [-0.15, -0.1) is 0 Å². The highest BCUT2D eigenvalue weighted by Gasteiger charge is 2.26. The molecular formula is C10H14N2O2. The lowest BCUT2D eigenvalue weighted by molar-refractivity contribution is 0.0746. The minimum atomic E-state index is -0.0325. The quantitative estimate of drug-likeness (QED) is 0.680. The molecule has 0 saturated carbocycles. The summed E-state index contributed by atoms with van der Waals surface area (Å²) < 4.78 is 4.93. The van der Waals surface area contributed by atoms with Crippen LogP contribution in [0.2, 0.25) is 0 Å². The first-order valence-electron chi connectivity index (χ1n) is 4.89. The van der Waals surface area contributed by atoms with Crippen LogP contribution in [-0.4, -0.2) is 29.1 Å². The summed E-state index contributed by atoms with van der Waals surface area (Å²) in [7, 11) is 0. The van der Waals surface area contributed by atoms with Crippen molar-refractivity contribution in [3.63, 3.8) is 0 Å². The van der Waals surface area contributed by atoms with Gasteiger partial charge in [-0.25, -0.2) is 0 Å². The SMILES string of the molecule is Cc1cc(C(=O)N2CCC(C)C2)on1. The number of carbonyl (C=O) groups excluding carboxylic acids is 1. The van der Waals surface area contributed by atoms with Gasteiger partial charge in [0, 0.05) is 19.2 Å². The first-order valence-corrected chi connectivity index (χ1v) is 4.89. The Bertz CT molecular complexity index is 346. The van der Waals surface area contributed by atoms with Crippen LogP contribution in [0, 0.1) is 12.8 Å². The molecule has 0 N–H and O–H groups in total. The molecule has 1 aromatic heterocycles. The summed E-state index contributed by atoms with van der Waals surface area (Å²) in [5.41, 5.74) is 0.751. The van der Waals surface area contributed by atoms with Crippen LogP contribution in [0.25, 0.3) is 0 Å². The zero-order valence-electron chi connectivity index (χ0n) is 8.49. The third kappa shape index (κ3) is 1.64. The lowest BCUT2D eigenvalue weighted by Gasteiger charge is -2.12. The highest BCUT2D eigenvalue weighted by atomic mass is 16.5. The summed E-state index contributed by atoms with van der Waals surface area (Å²) in [5.74, 6) is 0.925. The average molecular weight is 194 g/mol. The van der Waals surface area contributed by atoms with E-state index in [1.54, 1.807) is 6.07 Å². The van der Waals surface area contributed by atoms with Gasteiger partial charge in [-0.2, -0.15) is 0 Å². The van der Waals surface area contributed by atoms with Gasteiger partial charge in [0.1, 0.15) is 0 Å². The van der Waals surface area contributed by atoms with Gasteiger partial charge in [-0.1, -0.05) is 12.1 Å². The van der Waals surface area contributed by atoms with Gasteiger partial charge in [-0.3, -0.25) is 4.79 Å². The topological polar surface area (TPSA) is 46.3 Å². The fraction of sp³-hybridized carbons (Fsp3) is 0.600. The van der Waals surface area contributed by atoms with Crippen LogP contribution in [0.1, 0.15) is 29.6 Å². The van der Waals surface area contributed by atoms with Crippen molar-refractivity contribution in [2.75, 3.05) is 13.1 Å². The Labute approximate surface area is 82.9 Å². The van der Waals surface area contributed by atoms with Crippen LogP contribution in [0.5, 0.6) is 0 Å². The lowest BCUT2D eigenvalue weighted by atomic mass is 10.2. The monoisotopic (exact) mass is 194 g/mol. The van der Waals surface area contributed by atoms with Gasteiger partial charge >= 0.3 is 0 Å². The first kappa shape index (κ1) is 9.24. The van der Waals surface area contributed by atoms with E-state index in [9.17, 15) is 4.79 Å². The van der Waals surface area contributed by atoms with Gasteiger partial charge in [0.2, 0.25) is 5.76 Å². The van der Waals surface area contributed by atoms with Crippen molar-refractivity contribution in [1.82, 2.24) is 10.1 Å². The van der Waals surface area contributed by atoms with E-state index < -0.39 is 0 Å². The maximum absolute atomic E-state index is 11.8. The summed E-state index contributed by atoms with van der Waals surface area (Å²) in [5, 5.41) is 3.71. The van der Waals surface area contributed by atoms with Gasteiger partial charge in [0.15, 0.2) is 0 Å². The van der Waals surface area contributed by atoms with E-state index in [1.165, 1.54) is 0 Å². The van der Waals surface area contributed by atoms with E-state index in [4.69, 9.17) is 4.52 Å². The highest BCUT2D eigenvalue weighted by Crippen LogP contribution is 2.17. The Kier molecular flexibility index (Phi) is 2.27. The molecule has 1 aliphatic rings. The van der Waals surface area contributed by atoms with Crippen LogP contribution in [-0.2, 0) is 0 Å². The average Bonchev–Trinajstić information content (AvgIpc) is 2.73. The molecule has 1 aliphatic heterocycles. The largest absolute Gasteiger partial charge is 0.351 e. The molecule has 1 atom stereocenters.